The molecule has 31 heavy (non-hydrogen) atoms. The zero-order chi connectivity index (χ0) is 21.9. The number of hydrogen-bond donors (Lipinski definition) is 3. The number of aliphatic imine (C=N–C) groups is 1. The van der Waals surface area contributed by atoms with Gasteiger partial charge in [-0.1, -0.05) is 6.07 Å². The van der Waals surface area contributed by atoms with Gasteiger partial charge in [0.1, 0.15) is 11.5 Å². The van der Waals surface area contributed by atoms with E-state index in [4.69, 9.17) is 18.9 Å². The molecule has 9 heteroatoms. The summed E-state index contributed by atoms with van der Waals surface area (Å²) in [7, 11) is 6.36. The normalized spacial score (nSPS) is 11.7. The fourth-order valence-corrected chi connectivity index (χ4v) is 2.89. The van der Waals surface area contributed by atoms with Crippen LogP contribution in [0.1, 0.15) is 24.2 Å². The monoisotopic (exact) mass is 545 g/mol. The molecule has 2 aromatic rings. The number of aliphatic hydroxyl groups is 1. The third kappa shape index (κ3) is 7.66. The van der Waals surface area contributed by atoms with E-state index in [-0.39, 0.29) is 30.5 Å². The molecule has 2 rings (SSSR count). The molecule has 172 valence electrons. The zero-order valence-electron chi connectivity index (χ0n) is 18.6. The van der Waals surface area contributed by atoms with Crippen LogP contribution in [0.15, 0.2) is 41.4 Å². The number of rotatable bonds is 10. The van der Waals surface area contributed by atoms with Crippen LogP contribution in [-0.4, -0.2) is 52.6 Å². The summed E-state index contributed by atoms with van der Waals surface area (Å²) >= 11 is 0. The smallest absolute Gasteiger partial charge is 0.191 e. The molecule has 0 aliphatic carbocycles. The molecule has 0 radical (unpaired) electrons. The number of ether oxygens (including phenoxy) is 4. The molecule has 0 heterocycles. The molecule has 8 nitrogen and oxygen atoms in total. The third-order valence-electron chi connectivity index (χ3n) is 4.47. The molecular weight excluding hydrogens is 513 g/mol. The lowest BCUT2D eigenvalue weighted by Crippen LogP contribution is -2.39. The van der Waals surface area contributed by atoms with Crippen molar-refractivity contribution in [1.82, 2.24) is 10.6 Å². The van der Waals surface area contributed by atoms with Gasteiger partial charge in [-0.25, -0.2) is 4.99 Å². The average Bonchev–Trinajstić information content (AvgIpc) is 2.79. The second kappa shape index (κ2) is 13.8. The Balaban J connectivity index is 0.00000480. The van der Waals surface area contributed by atoms with Crippen LogP contribution in [0.25, 0.3) is 0 Å². The molecule has 0 aliphatic rings. The maximum Gasteiger partial charge on any atom is 0.191 e. The number of benzene rings is 2. The van der Waals surface area contributed by atoms with Gasteiger partial charge in [0.15, 0.2) is 17.5 Å². The zero-order valence-corrected chi connectivity index (χ0v) is 20.9. The standard InChI is InChI=1S/C22H31N3O5.HI/c1-6-23-22(24-13-15-7-9-20(29-4)21(11-15)30-5)25-14-18(26)17-12-16(27-2)8-10-19(17)28-3;/h7-12,18,26H,6,13-14H2,1-5H3,(H2,23,24,25);1H. The minimum atomic E-state index is -0.806. The lowest BCUT2D eigenvalue weighted by Gasteiger charge is -2.18. The molecule has 0 saturated heterocycles. The first-order chi connectivity index (χ1) is 14.6. The highest BCUT2D eigenvalue weighted by atomic mass is 127. The van der Waals surface area contributed by atoms with E-state index in [1.165, 1.54) is 0 Å². The second-order valence-electron chi connectivity index (χ2n) is 6.39. The van der Waals surface area contributed by atoms with Gasteiger partial charge in [-0.3, -0.25) is 0 Å². The second-order valence-corrected chi connectivity index (χ2v) is 6.39. The molecule has 0 saturated carbocycles. The Morgan fingerprint density at radius 3 is 2.19 bits per heavy atom. The van der Waals surface area contributed by atoms with E-state index in [0.29, 0.717) is 47.6 Å². The van der Waals surface area contributed by atoms with Gasteiger partial charge < -0.3 is 34.7 Å². The van der Waals surface area contributed by atoms with Gasteiger partial charge >= 0.3 is 0 Å². The number of halogens is 1. The van der Waals surface area contributed by atoms with Crippen LogP contribution < -0.4 is 29.6 Å². The quantitative estimate of drug-likeness (QED) is 0.240. The first-order valence-electron chi connectivity index (χ1n) is 9.69. The van der Waals surface area contributed by atoms with Gasteiger partial charge in [-0.05, 0) is 42.8 Å². The fraction of sp³-hybridized carbons (Fsp3) is 0.409. The molecule has 0 fully saturated rings. The minimum Gasteiger partial charge on any atom is -0.497 e. The van der Waals surface area contributed by atoms with E-state index < -0.39 is 6.10 Å². The maximum atomic E-state index is 10.7. The predicted molar refractivity (Wildman–Crippen MR) is 132 cm³/mol. The molecule has 0 amide bonds. The largest absolute Gasteiger partial charge is 0.497 e. The van der Waals surface area contributed by atoms with Crippen LogP contribution in [-0.2, 0) is 6.54 Å². The molecule has 0 aliphatic heterocycles. The Morgan fingerprint density at radius 1 is 0.903 bits per heavy atom. The summed E-state index contributed by atoms with van der Waals surface area (Å²) in [6.07, 6.45) is -0.806. The Kier molecular flexibility index (Phi) is 11.9. The topological polar surface area (TPSA) is 93.6 Å². The summed E-state index contributed by atoms with van der Waals surface area (Å²) in [6, 6.07) is 11.0. The average molecular weight is 545 g/mol. The highest BCUT2D eigenvalue weighted by Gasteiger charge is 2.15. The Labute approximate surface area is 201 Å². The number of nitrogens with zero attached hydrogens (tertiary/aromatic N) is 1. The molecule has 3 N–H and O–H groups in total. The van der Waals surface area contributed by atoms with Crippen LogP contribution >= 0.6 is 24.0 Å². The van der Waals surface area contributed by atoms with Crippen LogP contribution in [0.3, 0.4) is 0 Å². The van der Waals surface area contributed by atoms with Crippen molar-refractivity contribution in [3.8, 4) is 23.0 Å². The minimum absolute atomic E-state index is 0. The Hall–Kier alpha value is -2.40. The van der Waals surface area contributed by atoms with Gasteiger partial charge in [0.25, 0.3) is 0 Å². The highest BCUT2D eigenvalue weighted by Crippen LogP contribution is 2.29. The summed E-state index contributed by atoms with van der Waals surface area (Å²) in [5, 5.41) is 17.0. The number of hydrogen-bond acceptors (Lipinski definition) is 6. The van der Waals surface area contributed by atoms with Crippen LogP contribution in [0.5, 0.6) is 23.0 Å². The Bertz CT molecular complexity index is 848. The molecular formula is C22H32IN3O5. The van der Waals surface area contributed by atoms with E-state index in [9.17, 15) is 5.11 Å². The van der Waals surface area contributed by atoms with E-state index in [0.717, 1.165) is 5.56 Å². The molecule has 2 aromatic carbocycles. The van der Waals surface area contributed by atoms with Crippen LogP contribution in [0.4, 0.5) is 0 Å². The van der Waals surface area contributed by atoms with Crippen molar-refractivity contribution < 1.29 is 24.1 Å². The number of methoxy groups -OCH3 is 4. The van der Waals surface area contributed by atoms with Gasteiger partial charge in [-0.15, -0.1) is 24.0 Å². The summed E-state index contributed by atoms with van der Waals surface area (Å²) in [6.45, 7) is 3.36. The number of nitrogens with one attached hydrogen (secondary N) is 2. The molecule has 1 unspecified atom stereocenters. The summed E-state index contributed by atoms with van der Waals surface area (Å²) in [5.74, 6) is 3.17. The lowest BCUT2D eigenvalue weighted by atomic mass is 10.1. The van der Waals surface area contributed by atoms with E-state index in [1.807, 2.05) is 25.1 Å². The van der Waals surface area contributed by atoms with Crippen LogP contribution in [0, 0.1) is 0 Å². The van der Waals surface area contributed by atoms with Crippen molar-refractivity contribution in [2.45, 2.75) is 19.6 Å². The van der Waals surface area contributed by atoms with Crippen molar-refractivity contribution in [2.24, 2.45) is 4.99 Å². The van der Waals surface area contributed by atoms with Gasteiger partial charge in [0.2, 0.25) is 0 Å². The number of aliphatic hydroxyl groups excluding tert-OH is 1. The third-order valence-corrected chi connectivity index (χ3v) is 4.47. The van der Waals surface area contributed by atoms with Crippen molar-refractivity contribution in [3.05, 3.63) is 47.5 Å². The summed E-state index contributed by atoms with van der Waals surface area (Å²) in [4.78, 5) is 4.59. The Morgan fingerprint density at radius 2 is 1.58 bits per heavy atom. The lowest BCUT2D eigenvalue weighted by molar-refractivity contribution is 0.176. The van der Waals surface area contributed by atoms with E-state index in [1.54, 1.807) is 46.6 Å². The van der Waals surface area contributed by atoms with E-state index in [2.05, 4.69) is 15.6 Å². The van der Waals surface area contributed by atoms with Crippen molar-refractivity contribution in [2.75, 3.05) is 41.5 Å². The first-order valence-corrected chi connectivity index (χ1v) is 9.69. The van der Waals surface area contributed by atoms with E-state index >= 15 is 0 Å². The summed E-state index contributed by atoms with van der Waals surface area (Å²) < 4.78 is 21.2. The van der Waals surface area contributed by atoms with Crippen LogP contribution in [0.2, 0.25) is 0 Å². The first kappa shape index (κ1) is 26.6. The molecule has 0 aromatic heterocycles. The van der Waals surface area contributed by atoms with Gasteiger partial charge in [-0.2, -0.15) is 0 Å². The number of guanidine groups is 1. The van der Waals surface area contributed by atoms with Gasteiger partial charge in [0.05, 0.1) is 41.1 Å². The van der Waals surface area contributed by atoms with Crippen molar-refractivity contribution in [3.63, 3.8) is 0 Å². The maximum absolute atomic E-state index is 10.7. The fourth-order valence-electron chi connectivity index (χ4n) is 2.89. The van der Waals surface area contributed by atoms with Crippen molar-refractivity contribution in [1.29, 1.82) is 0 Å². The summed E-state index contributed by atoms with van der Waals surface area (Å²) in [5.41, 5.74) is 1.61. The highest BCUT2D eigenvalue weighted by molar-refractivity contribution is 14.0. The SMILES string of the molecule is CCNC(=NCc1ccc(OC)c(OC)c1)NCC(O)c1cc(OC)ccc1OC.I. The predicted octanol–water partition coefficient (Wildman–Crippen LogP) is 3.13. The molecule has 0 spiro atoms. The molecule has 1 atom stereocenters. The molecule has 0 bridgehead atoms. The van der Waals surface area contributed by atoms with Crippen molar-refractivity contribution >= 4 is 29.9 Å². The van der Waals surface area contributed by atoms with Gasteiger partial charge in [0, 0.05) is 18.7 Å².